The second-order valence-corrected chi connectivity index (χ2v) is 4.82. The van der Waals surface area contributed by atoms with E-state index in [1.54, 1.807) is 0 Å². The number of hydrogen-bond donors (Lipinski definition) is 2. The molecule has 2 aromatic rings. The van der Waals surface area contributed by atoms with E-state index in [9.17, 15) is 5.11 Å². The molecule has 1 aliphatic rings. The van der Waals surface area contributed by atoms with Crippen LogP contribution in [0.2, 0.25) is 0 Å². The van der Waals surface area contributed by atoms with Gasteiger partial charge in [0.05, 0.1) is 11.1 Å². The van der Waals surface area contributed by atoms with Crippen molar-refractivity contribution in [2.45, 2.75) is 18.4 Å². The molecule has 0 saturated carbocycles. The van der Waals surface area contributed by atoms with Crippen LogP contribution in [0.4, 0.5) is 0 Å². The summed E-state index contributed by atoms with van der Waals surface area (Å²) < 4.78 is 0. The molecule has 3 nitrogen and oxygen atoms in total. The minimum absolute atomic E-state index is 0.616. The number of nitrogens with zero attached hydrogens (tertiary/aromatic N) is 1. The van der Waals surface area contributed by atoms with Gasteiger partial charge in [-0.2, -0.15) is 0 Å². The first-order chi connectivity index (χ1) is 8.25. The Morgan fingerprint density at radius 2 is 2.12 bits per heavy atom. The van der Waals surface area contributed by atoms with E-state index in [1.807, 2.05) is 24.3 Å². The van der Waals surface area contributed by atoms with Crippen LogP contribution in [0, 0.1) is 0 Å². The lowest BCUT2D eigenvalue weighted by atomic mass is 9.96. The number of aromatic nitrogens is 1. The van der Waals surface area contributed by atoms with Crippen LogP contribution in [0.1, 0.15) is 12.1 Å². The van der Waals surface area contributed by atoms with E-state index in [2.05, 4.69) is 22.4 Å². The Kier molecular flexibility index (Phi) is 2.57. The van der Waals surface area contributed by atoms with E-state index in [1.165, 1.54) is 0 Å². The summed E-state index contributed by atoms with van der Waals surface area (Å²) in [6.45, 7) is 1.56. The highest BCUT2D eigenvalue weighted by Crippen LogP contribution is 2.21. The second-order valence-electron chi connectivity index (χ2n) is 4.82. The first-order valence-electron chi connectivity index (χ1n) is 6.03. The molecule has 0 amide bonds. The summed E-state index contributed by atoms with van der Waals surface area (Å²) in [5.74, 6) is 0. The molecule has 1 aromatic heterocycles. The monoisotopic (exact) mass is 228 g/mol. The van der Waals surface area contributed by atoms with Gasteiger partial charge < -0.3 is 10.4 Å². The molecular weight excluding hydrogens is 212 g/mol. The Balaban J connectivity index is 1.90. The highest BCUT2D eigenvalue weighted by atomic mass is 16.3. The zero-order chi connectivity index (χ0) is 11.7. The summed E-state index contributed by atoms with van der Waals surface area (Å²) in [5.41, 5.74) is 1.35. The molecule has 2 N–H and O–H groups in total. The van der Waals surface area contributed by atoms with Gasteiger partial charge in [-0.25, -0.2) is 0 Å². The Hall–Kier alpha value is -1.45. The van der Waals surface area contributed by atoms with Gasteiger partial charge in [0.15, 0.2) is 0 Å². The number of fused-ring (bicyclic) bond motifs is 1. The van der Waals surface area contributed by atoms with Crippen molar-refractivity contribution in [2.24, 2.45) is 0 Å². The number of nitrogens with one attached hydrogen (secondary N) is 1. The molecule has 1 fully saturated rings. The fraction of sp³-hybridized carbons (Fsp3) is 0.357. The molecule has 0 bridgehead atoms. The minimum atomic E-state index is -0.616. The van der Waals surface area contributed by atoms with Gasteiger partial charge in [0.1, 0.15) is 0 Å². The van der Waals surface area contributed by atoms with E-state index in [0.717, 1.165) is 29.6 Å². The number of β-amino-alcohol motifs (C(OH)–C–C–N with tert-alkyl or cyclic N) is 1. The molecule has 1 unspecified atom stereocenters. The Bertz CT molecular complexity index is 532. The zero-order valence-electron chi connectivity index (χ0n) is 9.69. The van der Waals surface area contributed by atoms with E-state index < -0.39 is 5.60 Å². The second kappa shape index (κ2) is 4.09. The van der Waals surface area contributed by atoms with Gasteiger partial charge in [0, 0.05) is 24.0 Å². The normalized spacial score (nSPS) is 24.3. The molecule has 2 heterocycles. The van der Waals surface area contributed by atoms with Crippen LogP contribution in [0.5, 0.6) is 0 Å². The molecular formula is C14H16N2O. The average Bonchev–Trinajstić information content (AvgIpc) is 2.76. The molecule has 1 aromatic carbocycles. The average molecular weight is 228 g/mol. The summed E-state index contributed by atoms with van der Waals surface area (Å²) in [6, 6.07) is 12.2. The fourth-order valence-electron chi connectivity index (χ4n) is 2.43. The van der Waals surface area contributed by atoms with Crippen LogP contribution in [0.25, 0.3) is 10.9 Å². The summed E-state index contributed by atoms with van der Waals surface area (Å²) in [6.07, 6.45) is 1.44. The molecule has 17 heavy (non-hydrogen) atoms. The van der Waals surface area contributed by atoms with E-state index in [4.69, 9.17) is 0 Å². The van der Waals surface area contributed by atoms with Gasteiger partial charge in [0.2, 0.25) is 0 Å². The van der Waals surface area contributed by atoms with Crippen molar-refractivity contribution in [1.29, 1.82) is 0 Å². The maximum atomic E-state index is 10.3. The largest absolute Gasteiger partial charge is 0.388 e. The highest BCUT2D eigenvalue weighted by molar-refractivity contribution is 5.78. The number of pyridine rings is 1. The summed E-state index contributed by atoms with van der Waals surface area (Å²) in [5, 5.41) is 14.7. The minimum Gasteiger partial charge on any atom is -0.388 e. The summed E-state index contributed by atoms with van der Waals surface area (Å²) in [4.78, 5) is 4.60. The van der Waals surface area contributed by atoms with Crippen molar-refractivity contribution in [3.8, 4) is 0 Å². The van der Waals surface area contributed by atoms with Crippen molar-refractivity contribution in [3.05, 3.63) is 42.1 Å². The third-order valence-electron chi connectivity index (χ3n) is 3.39. The van der Waals surface area contributed by atoms with Crippen LogP contribution in [0.15, 0.2) is 36.4 Å². The molecule has 1 atom stereocenters. The third-order valence-corrected chi connectivity index (χ3v) is 3.39. The zero-order valence-corrected chi connectivity index (χ0v) is 9.69. The molecule has 3 heteroatoms. The summed E-state index contributed by atoms with van der Waals surface area (Å²) in [7, 11) is 0. The lowest BCUT2D eigenvalue weighted by molar-refractivity contribution is 0.0610. The van der Waals surface area contributed by atoms with Crippen LogP contribution >= 0.6 is 0 Å². The molecule has 0 spiro atoms. The van der Waals surface area contributed by atoms with Gasteiger partial charge in [-0.1, -0.05) is 24.3 Å². The lowest BCUT2D eigenvalue weighted by Crippen LogP contribution is -2.34. The first-order valence-corrected chi connectivity index (χ1v) is 6.03. The smallest absolute Gasteiger partial charge is 0.0838 e. The Morgan fingerprint density at radius 3 is 2.94 bits per heavy atom. The number of para-hydroxylation sites is 1. The highest BCUT2D eigenvalue weighted by Gasteiger charge is 2.31. The quantitative estimate of drug-likeness (QED) is 0.818. The number of hydrogen-bond acceptors (Lipinski definition) is 3. The maximum absolute atomic E-state index is 10.3. The number of aliphatic hydroxyl groups is 1. The molecule has 1 aliphatic heterocycles. The first kappa shape index (κ1) is 10.7. The van der Waals surface area contributed by atoms with Crippen molar-refractivity contribution in [1.82, 2.24) is 10.3 Å². The standard InChI is InChI=1S/C14H16N2O/c17-14(7-8-15-10-14)9-12-6-5-11-3-1-2-4-13(11)16-12/h1-6,15,17H,7-10H2. The van der Waals surface area contributed by atoms with Crippen molar-refractivity contribution >= 4 is 10.9 Å². The van der Waals surface area contributed by atoms with Gasteiger partial charge in [-0.05, 0) is 25.1 Å². The van der Waals surface area contributed by atoms with Crippen molar-refractivity contribution < 1.29 is 5.11 Å². The predicted octanol–water partition coefficient (Wildman–Crippen LogP) is 1.50. The third kappa shape index (κ3) is 2.16. The van der Waals surface area contributed by atoms with Crippen LogP contribution in [0.3, 0.4) is 0 Å². The SMILES string of the molecule is OC1(Cc2ccc3ccccc3n2)CCNC1. The topological polar surface area (TPSA) is 45.2 Å². The number of rotatable bonds is 2. The molecule has 1 saturated heterocycles. The van der Waals surface area contributed by atoms with Gasteiger partial charge in [-0.3, -0.25) is 4.98 Å². The fourth-order valence-corrected chi connectivity index (χ4v) is 2.43. The molecule has 0 aliphatic carbocycles. The van der Waals surface area contributed by atoms with Crippen LogP contribution in [-0.2, 0) is 6.42 Å². The Labute approximate surface area is 100 Å². The molecule has 3 rings (SSSR count). The van der Waals surface area contributed by atoms with Crippen molar-refractivity contribution in [3.63, 3.8) is 0 Å². The Morgan fingerprint density at radius 1 is 1.24 bits per heavy atom. The van der Waals surface area contributed by atoms with E-state index in [-0.39, 0.29) is 0 Å². The maximum Gasteiger partial charge on any atom is 0.0838 e. The van der Waals surface area contributed by atoms with E-state index in [0.29, 0.717) is 13.0 Å². The molecule has 88 valence electrons. The lowest BCUT2D eigenvalue weighted by Gasteiger charge is -2.20. The number of benzene rings is 1. The van der Waals surface area contributed by atoms with Gasteiger partial charge in [0.25, 0.3) is 0 Å². The summed E-state index contributed by atoms with van der Waals surface area (Å²) >= 11 is 0. The predicted molar refractivity (Wildman–Crippen MR) is 67.9 cm³/mol. The van der Waals surface area contributed by atoms with Crippen LogP contribution < -0.4 is 5.32 Å². The van der Waals surface area contributed by atoms with Gasteiger partial charge in [-0.15, -0.1) is 0 Å². The molecule has 0 radical (unpaired) electrons. The van der Waals surface area contributed by atoms with E-state index >= 15 is 0 Å². The van der Waals surface area contributed by atoms with Crippen molar-refractivity contribution in [2.75, 3.05) is 13.1 Å². The van der Waals surface area contributed by atoms with Gasteiger partial charge >= 0.3 is 0 Å². The van der Waals surface area contributed by atoms with Crippen LogP contribution in [-0.4, -0.2) is 28.8 Å².